The number of aliphatic hydroxyl groups is 1. The maximum absolute atomic E-state index is 14.1. The van der Waals surface area contributed by atoms with Crippen LogP contribution in [0.4, 0.5) is 14.5 Å². The minimum atomic E-state index is -3.88. The molecule has 0 atom stereocenters. The van der Waals surface area contributed by atoms with E-state index in [1.165, 1.54) is 24.3 Å². The van der Waals surface area contributed by atoms with Crippen molar-refractivity contribution in [1.29, 1.82) is 0 Å². The van der Waals surface area contributed by atoms with Crippen molar-refractivity contribution in [2.75, 3.05) is 5.32 Å². The van der Waals surface area contributed by atoms with E-state index in [2.05, 4.69) is 10.6 Å². The largest absolute Gasteiger partial charge is 0.383 e. The fourth-order valence-corrected chi connectivity index (χ4v) is 2.40. The number of carbonyl (C=O) groups is 2. The number of anilines is 1. The van der Waals surface area contributed by atoms with Gasteiger partial charge in [0.1, 0.15) is 5.60 Å². The van der Waals surface area contributed by atoms with Crippen molar-refractivity contribution < 1.29 is 23.5 Å². The van der Waals surface area contributed by atoms with Gasteiger partial charge in [-0.2, -0.15) is 8.78 Å². The molecule has 0 radical (unpaired) electrons. The SMILES string of the molecule is CC(C)(C)NC(=O)c1cccc(NC(=O)C(F)(F)C2(O)CCC2)c1. The van der Waals surface area contributed by atoms with Crippen LogP contribution in [-0.2, 0) is 4.79 Å². The Bertz CT molecular complexity index is 649. The molecule has 3 N–H and O–H groups in total. The van der Waals surface area contributed by atoms with E-state index >= 15 is 0 Å². The standard InChI is InChI=1S/C17H22F2N2O3/c1-15(2,3)21-13(22)11-6-4-7-12(10-11)20-14(23)17(18,19)16(24)8-5-9-16/h4,6-7,10,24H,5,8-9H2,1-3H3,(H,20,23)(H,21,22). The van der Waals surface area contributed by atoms with Gasteiger partial charge in [-0.05, 0) is 58.2 Å². The molecule has 7 heteroatoms. The van der Waals surface area contributed by atoms with Crippen LogP contribution in [0.5, 0.6) is 0 Å². The van der Waals surface area contributed by atoms with Crippen molar-refractivity contribution in [2.24, 2.45) is 0 Å². The van der Waals surface area contributed by atoms with E-state index < -0.39 is 23.0 Å². The number of alkyl halides is 2. The molecule has 24 heavy (non-hydrogen) atoms. The predicted molar refractivity (Wildman–Crippen MR) is 86.0 cm³/mol. The fraction of sp³-hybridized carbons (Fsp3) is 0.529. The maximum Gasteiger partial charge on any atom is 0.352 e. The number of nitrogens with one attached hydrogen (secondary N) is 2. The molecule has 1 aromatic rings. The van der Waals surface area contributed by atoms with E-state index in [-0.39, 0.29) is 30.0 Å². The third-order valence-electron chi connectivity index (χ3n) is 3.92. The van der Waals surface area contributed by atoms with E-state index in [9.17, 15) is 23.5 Å². The van der Waals surface area contributed by atoms with E-state index in [1.54, 1.807) is 0 Å². The molecule has 1 aliphatic carbocycles. The van der Waals surface area contributed by atoms with Gasteiger partial charge < -0.3 is 15.7 Å². The van der Waals surface area contributed by atoms with Gasteiger partial charge in [0.05, 0.1) is 0 Å². The summed E-state index contributed by atoms with van der Waals surface area (Å²) in [6.45, 7) is 5.45. The van der Waals surface area contributed by atoms with Gasteiger partial charge >= 0.3 is 5.92 Å². The summed E-state index contributed by atoms with van der Waals surface area (Å²) in [5.74, 6) is -5.82. The average molecular weight is 340 g/mol. The van der Waals surface area contributed by atoms with Crippen LogP contribution in [0.25, 0.3) is 0 Å². The van der Waals surface area contributed by atoms with E-state index in [1.807, 2.05) is 20.8 Å². The summed E-state index contributed by atoms with van der Waals surface area (Å²) < 4.78 is 28.1. The van der Waals surface area contributed by atoms with Gasteiger partial charge in [0.15, 0.2) is 0 Å². The molecule has 0 aromatic heterocycles. The molecule has 2 rings (SSSR count). The zero-order valence-corrected chi connectivity index (χ0v) is 14.0. The first-order valence-electron chi connectivity index (χ1n) is 7.79. The summed E-state index contributed by atoms with van der Waals surface area (Å²) in [6.07, 6.45) is 0.241. The predicted octanol–water partition coefficient (Wildman–Crippen LogP) is 2.70. The van der Waals surface area contributed by atoms with Crippen LogP contribution in [0.2, 0.25) is 0 Å². The molecular formula is C17H22F2N2O3. The molecule has 5 nitrogen and oxygen atoms in total. The Morgan fingerprint density at radius 2 is 1.83 bits per heavy atom. The highest BCUT2D eigenvalue weighted by Crippen LogP contribution is 2.44. The number of hydrogen-bond acceptors (Lipinski definition) is 3. The summed E-state index contributed by atoms with van der Waals surface area (Å²) in [5.41, 5.74) is -2.41. The minimum absolute atomic E-state index is 0.0733. The van der Waals surface area contributed by atoms with Crippen LogP contribution in [0.3, 0.4) is 0 Å². The van der Waals surface area contributed by atoms with Gasteiger partial charge in [-0.25, -0.2) is 0 Å². The minimum Gasteiger partial charge on any atom is -0.383 e. The van der Waals surface area contributed by atoms with Gasteiger partial charge in [0.25, 0.3) is 11.8 Å². The second kappa shape index (κ2) is 6.12. The van der Waals surface area contributed by atoms with Crippen LogP contribution in [-0.4, -0.2) is 34.0 Å². The molecule has 0 aliphatic heterocycles. The van der Waals surface area contributed by atoms with Crippen molar-refractivity contribution in [3.63, 3.8) is 0 Å². The Morgan fingerprint density at radius 3 is 2.33 bits per heavy atom. The van der Waals surface area contributed by atoms with Gasteiger partial charge in [-0.3, -0.25) is 9.59 Å². The number of halogens is 2. The molecule has 1 aliphatic rings. The van der Waals surface area contributed by atoms with Crippen LogP contribution in [0.1, 0.15) is 50.4 Å². The smallest absolute Gasteiger partial charge is 0.352 e. The average Bonchev–Trinajstić information content (AvgIpc) is 2.43. The third-order valence-corrected chi connectivity index (χ3v) is 3.92. The summed E-state index contributed by atoms with van der Waals surface area (Å²) >= 11 is 0. The first kappa shape index (κ1) is 18.3. The van der Waals surface area contributed by atoms with Crippen LogP contribution in [0.15, 0.2) is 24.3 Å². The van der Waals surface area contributed by atoms with Gasteiger partial charge in [0.2, 0.25) is 0 Å². The van der Waals surface area contributed by atoms with Gasteiger partial charge in [0, 0.05) is 16.8 Å². The number of benzene rings is 1. The molecule has 0 unspecified atom stereocenters. The zero-order chi connectivity index (χ0) is 18.2. The van der Waals surface area contributed by atoms with E-state index in [0.717, 1.165) is 0 Å². The highest BCUT2D eigenvalue weighted by molar-refractivity contribution is 5.99. The van der Waals surface area contributed by atoms with Crippen molar-refractivity contribution in [2.45, 2.75) is 57.1 Å². The van der Waals surface area contributed by atoms with Gasteiger partial charge in [-0.15, -0.1) is 0 Å². The van der Waals surface area contributed by atoms with E-state index in [4.69, 9.17) is 0 Å². The molecule has 0 heterocycles. The van der Waals surface area contributed by atoms with E-state index in [0.29, 0.717) is 6.42 Å². The van der Waals surface area contributed by atoms with Crippen molar-refractivity contribution >= 4 is 17.5 Å². The molecule has 0 spiro atoms. The van der Waals surface area contributed by atoms with Crippen molar-refractivity contribution in [3.05, 3.63) is 29.8 Å². The second-order valence-corrected chi connectivity index (χ2v) is 7.20. The Hall–Kier alpha value is -2.02. The Kier molecular flexibility index (Phi) is 4.68. The van der Waals surface area contributed by atoms with Crippen LogP contribution >= 0.6 is 0 Å². The number of carbonyl (C=O) groups excluding carboxylic acids is 2. The summed E-state index contributed by atoms with van der Waals surface area (Å²) in [4.78, 5) is 24.0. The highest BCUT2D eigenvalue weighted by atomic mass is 19.3. The molecular weight excluding hydrogens is 318 g/mol. The van der Waals surface area contributed by atoms with Crippen molar-refractivity contribution in [3.8, 4) is 0 Å². The number of rotatable bonds is 4. The van der Waals surface area contributed by atoms with Crippen molar-refractivity contribution in [1.82, 2.24) is 5.32 Å². The Balaban J connectivity index is 2.12. The van der Waals surface area contributed by atoms with Gasteiger partial charge in [-0.1, -0.05) is 6.07 Å². The normalized spacial score (nSPS) is 16.9. The summed E-state index contributed by atoms with van der Waals surface area (Å²) in [6, 6.07) is 5.74. The molecule has 1 aromatic carbocycles. The lowest BCUT2D eigenvalue weighted by atomic mass is 9.75. The zero-order valence-electron chi connectivity index (χ0n) is 14.0. The molecule has 0 saturated heterocycles. The fourth-order valence-electron chi connectivity index (χ4n) is 2.40. The first-order valence-corrected chi connectivity index (χ1v) is 7.79. The van der Waals surface area contributed by atoms with Crippen LogP contribution in [0, 0.1) is 0 Å². The second-order valence-electron chi connectivity index (χ2n) is 7.20. The topological polar surface area (TPSA) is 78.4 Å². The Labute approximate surface area is 139 Å². The quantitative estimate of drug-likeness (QED) is 0.788. The number of hydrogen-bond donors (Lipinski definition) is 3. The number of amides is 2. The van der Waals surface area contributed by atoms with Crippen LogP contribution < -0.4 is 10.6 Å². The molecule has 1 fully saturated rings. The molecule has 2 amide bonds. The lowest BCUT2D eigenvalue weighted by Crippen LogP contribution is -2.59. The molecule has 132 valence electrons. The Morgan fingerprint density at radius 1 is 1.21 bits per heavy atom. The maximum atomic E-state index is 14.1. The third kappa shape index (κ3) is 3.72. The lowest BCUT2D eigenvalue weighted by molar-refractivity contribution is -0.212. The molecule has 1 saturated carbocycles. The summed E-state index contributed by atoms with van der Waals surface area (Å²) in [7, 11) is 0. The first-order chi connectivity index (χ1) is 10.9. The highest BCUT2D eigenvalue weighted by Gasteiger charge is 2.61. The monoisotopic (exact) mass is 340 g/mol. The summed E-state index contributed by atoms with van der Waals surface area (Å²) in [5, 5.41) is 14.6. The lowest BCUT2D eigenvalue weighted by Gasteiger charge is -2.41. The molecule has 0 bridgehead atoms.